The van der Waals surface area contributed by atoms with E-state index in [2.05, 4.69) is 5.32 Å². The van der Waals surface area contributed by atoms with E-state index in [1.807, 2.05) is 0 Å². The number of amides is 1. The molecule has 0 heterocycles. The molecule has 1 rings (SSSR count). The third-order valence-electron chi connectivity index (χ3n) is 3.15. The van der Waals surface area contributed by atoms with Crippen LogP contribution >= 0.6 is 0 Å². The molecule has 0 aliphatic carbocycles. The van der Waals surface area contributed by atoms with Gasteiger partial charge in [0.15, 0.2) is 0 Å². The highest BCUT2D eigenvalue weighted by Crippen LogP contribution is 2.21. The maximum absolute atomic E-state index is 12.0. The first kappa shape index (κ1) is 19.2. The lowest BCUT2D eigenvalue weighted by Gasteiger charge is -2.22. The summed E-state index contributed by atoms with van der Waals surface area (Å²) < 4.78 is 35.1. The minimum absolute atomic E-state index is 0.120. The maximum atomic E-state index is 12.0. The number of hydrogen-bond acceptors (Lipinski definition) is 5. The molecule has 0 bridgehead atoms. The molecule has 130 valence electrons. The van der Waals surface area contributed by atoms with Crippen molar-refractivity contribution < 1.29 is 22.7 Å². The minimum Gasteiger partial charge on any atom is -0.497 e. The molecular formula is C15H24N2O5S. The minimum atomic E-state index is -3.42. The highest BCUT2D eigenvalue weighted by molar-refractivity contribution is 7.92. The first-order chi connectivity index (χ1) is 10.9. The van der Waals surface area contributed by atoms with Crippen molar-refractivity contribution in [2.24, 2.45) is 0 Å². The summed E-state index contributed by atoms with van der Waals surface area (Å²) in [5.41, 5.74) is 0.549. The monoisotopic (exact) mass is 344 g/mol. The second-order valence-corrected chi connectivity index (χ2v) is 6.89. The Morgan fingerprint density at radius 3 is 2.39 bits per heavy atom. The smallest absolute Gasteiger partial charge is 0.232 e. The molecular weight excluding hydrogens is 320 g/mol. The number of anilines is 1. The zero-order chi connectivity index (χ0) is 17.3. The van der Waals surface area contributed by atoms with Gasteiger partial charge in [0.1, 0.15) is 5.75 Å². The Bertz CT molecular complexity index is 586. The molecule has 0 unspecified atom stereocenters. The van der Waals surface area contributed by atoms with Crippen molar-refractivity contribution >= 4 is 21.6 Å². The molecule has 0 spiro atoms. The molecule has 1 aromatic carbocycles. The third kappa shape index (κ3) is 6.87. The normalized spacial score (nSPS) is 11.1. The van der Waals surface area contributed by atoms with E-state index < -0.39 is 10.0 Å². The highest BCUT2D eigenvalue weighted by Gasteiger charge is 2.17. The van der Waals surface area contributed by atoms with Crippen LogP contribution in [0, 0.1) is 0 Å². The number of sulfonamides is 1. The number of rotatable bonds is 10. The van der Waals surface area contributed by atoms with E-state index >= 15 is 0 Å². The largest absolute Gasteiger partial charge is 0.497 e. The van der Waals surface area contributed by atoms with E-state index in [1.165, 1.54) is 4.31 Å². The Kier molecular flexibility index (Phi) is 7.84. The molecule has 1 N–H and O–H groups in total. The van der Waals surface area contributed by atoms with Crippen molar-refractivity contribution in [3.8, 4) is 5.75 Å². The number of nitrogens with zero attached hydrogens (tertiary/aromatic N) is 1. The van der Waals surface area contributed by atoms with Gasteiger partial charge in [0.05, 0.1) is 25.7 Å². The molecule has 1 amide bonds. The van der Waals surface area contributed by atoms with Crippen LogP contribution < -0.4 is 14.4 Å². The number of nitrogens with one attached hydrogen (secondary N) is 1. The summed E-state index contributed by atoms with van der Waals surface area (Å²) in [7, 11) is -0.308. The summed E-state index contributed by atoms with van der Waals surface area (Å²) >= 11 is 0. The molecule has 0 atom stereocenters. The Hall–Kier alpha value is -1.80. The second-order valence-electron chi connectivity index (χ2n) is 4.98. The van der Waals surface area contributed by atoms with Crippen LogP contribution in [-0.2, 0) is 19.6 Å². The number of methoxy groups -OCH3 is 2. The summed E-state index contributed by atoms with van der Waals surface area (Å²) in [4.78, 5) is 11.6. The molecule has 0 aliphatic rings. The second kappa shape index (κ2) is 9.36. The number of hydrogen-bond donors (Lipinski definition) is 1. The number of benzene rings is 1. The van der Waals surface area contributed by atoms with Crippen molar-refractivity contribution in [1.29, 1.82) is 0 Å². The van der Waals surface area contributed by atoms with Crippen LogP contribution in [0.3, 0.4) is 0 Å². The lowest BCUT2D eigenvalue weighted by molar-refractivity contribution is -0.121. The van der Waals surface area contributed by atoms with Crippen LogP contribution in [0.5, 0.6) is 5.75 Å². The molecule has 0 saturated heterocycles. The predicted molar refractivity (Wildman–Crippen MR) is 89.3 cm³/mol. The Balaban J connectivity index is 2.61. The van der Waals surface area contributed by atoms with Crippen LogP contribution in [0.4, 0.5) is 5.69 Å². The van der Waals surface area contributed by atoms with E-state index in [1.54, 1.807) is 38.5 Å². The number of carbonyl (C=O) groups is 1. The molecule has 23 heavy (non-hydrogen) atoms. The molecule has 0 aromatic heterocycles. The van der Waals surface area contributed by atoms with Gasteiger partial charge >= 0.3 is 0 Å². The summed E-state index contributed by atoms with van der Waals surface area (Å²) in [5.74, 6) is 0.532. The summed E-state index contributed by atoms with van der Waals surface area (Å²) in [6.45, 7) is 1.14. The van der Waals surface area contributed by atoms with Gasteiger partial charge in [0, 0.05) is 26.6 Å². The summed E-state index contributed by atoms with van der Waals surface area (Å²) in [6, 6.07) is 6.76. The van der Waals surface area contributed by atoms with Crippen LogP contribution in [0.1, 0.15) is 12.8 Å². The van der Waals surface area contributed by atoms with Gasteiger partial charge in [0.2, 0.25) is 15.9 Å². The first-order valence-electron chi connectivity index (χ1n) is 7.26. The van der Waals surface area contributed by atoms with Gasteiger partial charge in [-0.2, -0.15) is 0 Å². The molecule has 1 aromatic rings. The van der Waals surface area contributed by atoms with Gasteiger partial charge in [0.25, 0.3) is 0 Å². The van der Waals surface area contributed by atoms with Crippen molar-refractivity contribution in [3.05, 3.63) is 24.3 Å². The van der Waals surface area contributed by atoms with E-state index in [9.17, 15) is 13.2 Å². The highest BCUT2D eigenvalue weighted by atomic mass is 32.2. The van der Waals surface area contributed by atoms with Gasteiger partial charge in [-0.3, -0.25) is 9.10 Å². The van der Waals surface area contributed by atoms with Gasteiger partial charge in [-0.05, 0) is 30.7 Å². The maximum Gasteiger partial charge on any atom is 0.232 e. The van der Waals surface area contributed by atoms with E-state index in [-0.39, 0.29) is 18.9 Å². The molecule has 8 heteroatoms. The average molecular weight is 344 g/mol. The third-order valence-corrected chi connectivity index (χ3v) is 4.35. The lowest BCUT2D eigenvalue weighted by atomic mass is 10.2. The fraction of sp³-hybridized carbons (Fsp3) is 0.533. The molecule has 0 fully saturated rings. The van der Waals surface area contributed by atoms with Crippen molar-refractivity contribution in [3.63, 3.8) is 0 Å². The lowest BCUT2D eigenvalue weighted by Crippen LogP contribution is -2.32. The molecule has 0 radical (unpaired) electrons. The van der Waals surface area contributed by atoms with Crippen molar-refractivity contribution in [2.75, 3.05) is 44.5 Å². The van der Waals surface area contributed by atoms with E-state index in [4.69, 9.17) is 9.47 Å². The van der Waals surface area contributed by atoms with E-state index in [0.717, 1.165) is 6.26 Å². The van der Waals surface area contributed by atoms with Gasteiger partial charge < -0.3 is 14.8 Å². The Labute approximate surface area is 137 Å². The fourth-order valence-corrected chi connectivity index (χ4v) is 2.96. The first-order valence-corrected chi connectivity index (χ1v) is 9.10. The topological polar surface area (TPSA) is 84.9 Å². The predicted octanol–water partition coefficient (Wildman–Crippen LogP) is 1.00. The molecule has 0 saturated carbocycles. The molecule has 0 aliphatic heterocycles. The number of carbonyl (C=O) groups excluding carboxylic acids is 1. The Morgan fingerprint density at radius 2 is 1.87 bits per heavy atom. The van der Waals surface area contributed by atoms with Crippen LogP contribution in [0.15, 0.2) is 24.3 Å². The van der Waals surface area contributed by atoms with Crippen LogP contribution in [0.2, 0.25) is 0 Å². The molecule has 7 nitrogen and oxygen atoms in total. The van der Waals surface area contributed by atoms with Gasteiger partial charge in [-0.15, -0.1) is 0 Å². The summed E-state index contributed by atoms with van der Waals surface area (Å²) in [6.07, 6.45) is 1.83. The zero-order valence-electron chi connectivity index (χ0n) is 13.7. The standard InChI is InChI=1S/C15H24N2O5S/c1-21-12-10-16-15(18)5-4-11-17(23(3,19)20)13-6-8-14(22-2)9-7-13/h6-9H,4-5,10-12H2,1-3H3,(H,16,18). The average Bonchev–Trinajstić information content (AvgIpc) is 2.51. The van der Waals surface area contributed by atoms with Gasteiger partial charge in [-0.1, -0.05) is 0 Å². The number of ether oxygens (including phenoxy) is 2. The van der Waals surface area contributed by atoms with Crippen LogP contribution in [-0.4, -0.2) is 54.5 Å². The van der Waals surface area contributed by atoms with Crippen molar-refractivity contribution in [2.45, 2.75) is 12.8 Å². The van der Waals surface area contributed by atoms with Crippen molar-refractivity contribution in [1.82, 2.24) is 5.32 Å². The Morgan fingerprint density at radius 1 is 1.22 bits per heavy atom. The van der Waals surface area contributed by atoms with Gasteiger partial charge in [-0.25, -0.2) is 8.42 Å². The SMILES string of the molecule is COCCNC(=O)CCCN(c1ccc(OC)cc1)S(C)(=O)=O. The zero-order valence-corrected chi connectivity index (χ0v) is 14.6. The van der Waals surface area contributed by atoms with Crippen LogP contribution in [0.25, 0.3) is 0 Å². The van der Waals surface area contributed by atoms with E-state index in [0.29, 0.717) is 31.0 Å². The summed E-state index contributed by atoms with van der Waals surface area (Å²) in [5, 5.41) is 2.70. The quantitative estimate of drug-likeness (QED) is 0.640. The fourth-order valence-electron chi connectivity index (χ4n) is 2.00.